The molecule has 0 saturated heterocycles. The van der Waals surface area contributed by atoms with Crippen molar-refractivity contribution in [2.75, 3.05) is 26.9 Å². The Labute approximate surface area is 90.5 Å². The molecule has 0 aliphatic rings. The minimum Gasteiger partial charge on any atom is -0.299 e. The number of benzene rings is 1. The summed E-state index contributed by atoms with van der Waals surface area (Å²) in [6, 6.07) is 8.31. The zero-order valence-corrected chi connectivity index (χ0v) is 9.69. The van der Waals surface area contributed by atoms with E-state index in [1.807, 2.05) is 26.2 Å². The van der Waals surface area contributed by atoms with Gasteiger partial charge in [0.15, 0.2) is 0 Å². The van der Waals surface area contributed by atoms with E-state index in [0.717, 1.165) is 12.1 Å². The van der Waals surface area contributed by atoms with Gasteiger partial charge in [-0.05, 0) is 38.6 Å². The molecule has 0 bridgehead atoms. The number of hydrogen-bond donors (Lipinski definition) is 0. The van der Waals surface area contributed by atoms with Gasteiger partial charge in [-0.3, -0.25) is 4.90 Å². The fourth-order valence-electron chi connectivity index (χ4n) is 1.00. The van der Waals surface area contributed by atoms with Gasteiger partial charge in [0, 0.05) is 10.5 Å². The second-order valence-electron chi connectivity index (χ2n) is 3.27. The summed E-state index contributed by atoms with van der Waals surface area (Å²) < 4.78 is 0. The second kappa shape index (κ2) is 5.74. The fourth-order valence-corrected chi connectivity index (χ4v) is 1.46. The summed E-state index contributed by atoms with van der Waals surface area (Å²) in [5, 5.41) is 0. The highest BCUT2D eigenvalue weighted by Gasteiger charge is 1.90. The van der Waals surface area contributed by atoms with Crippen LogP contribution in [0.15, 0.2) is 29.2 Å². The number of rotatable bonds is 2. The molecule has 0 atom stereocenters. The lowest BCUT2D eigenvalue weighted by Crippen LogP contribution is -2.10. The van der Waals surface area contributed by atoms with Gasteiger partial charge < -0.3 is 0 Å². The van der Waals surface area contributed by atoms with Crippen LogP contribution in [0.2, 0.25) is 0 Å². The zero-order chi connectivity index (χ0) is 10.4. The maximum atomic E-state index is 3.15. The van der Waals surface area contributed by atoms with Crippen LogP contribution in [0.4, 0.5) is 0 Å². The Hall–Kier alpha value is -0.910. The van der Waals surface area contributed by atoms with Crippen molar-refractivity contribution < 1.29 is 0 Å². The molecule has 1 nitrogen and oxygen atoms in total. The maximum Gasteiger partial charge on any atom is 0.0600 e. The van der Waals surface area contributed by atoms with Crippen LogP contribution in [0, 0.1) is 11.8 Å². The summed E-state index contributed by atoms with van der Waals surface area (Å²) >= 11 is 1.74. The second-order valence-corrected chi connectivity index (χ2v) is 4.15. The fraction of sp³-hybridized carbons (Fsp3) is 0.333. The Kier molecular flexibility index (Phi) is 4.58. The van der Waals surface area contributed by atoms with Crippen molar-refractivity contribution in [2.24, 2.45) is 0 Å². The Balaban J connectivity index is 2.69. The third-order valence-corrected chi connectivity index (χ3v) is 2.42. The molecule has 14 heavy (non-hydrogen) atoms. The van der Waals surface area contributed by atoms with Crippen LogP contribution in [0.5, 0.6) is 0 Å². The molecule has 0 spiro atoms. The van der Waals surface area contributed by atoms with Crippen molar-refractivity contribution in [1.29, 1.82) is 0 Å². The highest BCUT2D eigenvalue weighted by atomic mass is 32.2. The first kappa shape index (κ1) is 11.2. The van der Waals surface area contributed by atoms with E-state index < -0.39 is 0 Å². The molecule has 0 heterocycles. The summed E-state index contributed by atoms with van der Waals surface area (Å²) in [5.41, 5.74) is 1.10. The lowest BCUT2D eigenvalue weighted by Gasteiger charge is -2.01. The number of nitrogens with zero attached hydrogens (tertiary/aromatic N) is 1. The molecule has 0 saturated carbocycles. The topological polar surface area (TPSA) is 3.24 Å². The third kappa shape index (κ3) is 3.87. The van der Waals surface area contributed by atoms with E-state index >= 15 is 0 Å². The standard InChI is InChI=1S/C12H15NS/c1-13(2)9-5-7-11-6-4-8-12(10-11)14-3/h4,6,8,10H,9H2,1-3H3. The summed E-state index contributed by atoms with van der Waals surface area (Å²) in [6.07, 6.45) is 2.08. The normalized spacial score (nSPS) is 9.71. The molecule has 1 aromatic carbocycles. The summed E-state index contributed by atoms with van der Waals surface area (Å²) in [6.45, 7) is 0.809. The molecule has 0 amide bonds. The molecule has 74 valence electrons. The molecule has 2 heteroatoms. The first-order valence-corrected chi connectivity index (χ1v) is 5.72. The molecule has 1 rings (SSSR count). The van der Waals surface area contributed by atoms with Gasteiger partial charge in [0.05, 0.1) is 6.54 Å². The predicted molar refractivity (Wildman–Crippen MR) is 63.7 cm³/mol. The van der Waals surface area contributed by atoms with E-state index in [9.17, 15) is 0 Å². The summed E-state index contributed by atoms with van der Waals surface area (Å²) in [7, 11) is 4.04. The molecule has 0 N–H and O–H groups in total. The first-order valence-electron chi connectivity index (χ1n) is 4.50. The van der Waals surface area contributed by atoms with Crippen LogP contribution in [0.1, 0.15) is 5.56 Å². The van der Waals surface area contributed by atoms with Crippen molar-refractivity contribution >= 4 is 11.8 Å². The monoisotopic (exact) mass is 205 g/mol. The van der Waals surface area contributed by atoms with Crippen LogP contribution in [0.25, 0.3) is 0 Å². The summed E-state index contributed by atoms with van der Waals surface area (Å²) in [4.78, 5) is 3.33. The Morgan fingerprint density at radius 2 is 2.14 bits per heavy atom. The Morgan fingerprint density at radius 1 is 1.36 bits per heavy atom. The molecule has 0 unspecified atom stereocenters. The molecule has 0 aliphatic carbocycles. The molecular formula is C12H15NS. The van der Waals surface area contributed by atoms with Gasteiger partial charge in [0.2, 0.25) is 0 Å². The van der Waals surface area contributed by atoms with Crippen LogP contribution >= 0.6 is 11.8 Å². The quantitative estimate of drug-likeness (QED) is 0.538. The minimum absolute atomic E-state index is 0.809. The summed E-state index contributed by atoms with van der Waals surface area (Å²) in [5.74, 6) is 6.26. The average molecular weight is 205 g/mol. The number of hydrogen-bond acceptors (Lipinski definition) is 2. The molecule has 0 radical (unpaired) electrons. The molecule has 0 aromatic heterocycles. The van der Waals surface area contributed by atoms with Gasteiger partial charge in [-0.1, -0.05) is 17.9 Å². The zero-order valence-electron chi connectivity index (χ0n) is 8.87. The van der Waals surface area contributed by atoms with Gasteiger partial charge in [-0.2, -0.15) is 0 Å². The lowest BCUT2D eigenvalue weighted by molar-refractivity contribution is 0.464. The van der Waals surface area contributed by atoms with E-state index in [2.05, 4.69) is 35.1 Å². The molecule has 0 fully saturated rings. The van der Waals surface area contributed by atoms with E-state index in [1.54, 1.807) is 11.8 Å². The molecular weight excluding hydrogens is 190 g/mol. The molecule has 1 aromatic rings. The highest BCUT2D eigenvalue weighted by molar-refractivity contribution is 7.98. The Bertz CT molecular complexity index is 347. The van der Waals surface area contributed by atoms with Crippen molar-refractivity contribution in [2.45, 2.75) is 4.90 Å². The lowest BCUT2D eigenvalue weighted by atomic mass is 10.2. The Morgan fingerprint density at radius 3 is 2.79 bits per heavy atom. The van der Waals surface area contributed by atoms with Gasteiger partial charge >= 0.3 is 0 Å². The van der Waals surface area contributed by atoms with Crippen molar-refractivity contribution in [3.63, 3.8) is 0 Å². The van der Waals surface area contributed by atoms with Gasteiger partial charge in [0.1, 0.15) is 0 Å². The van der Waals surface area contributed by atoms with Crippen molar-refractivity contribution in [1.82, 2.24) is 4.90 Å². The molecule has 0 aliphatic heterocycles. The minimum atomic E-state index is 0.809. The van der Waals surface area contributed by atoms with E-state index in [0.29, 0.717) is 0 Å². The van der Waals surface area contributed by atoms with E-state index in [1.165, 1.54) is 4.90 Å². The first-order chi connectivity index (χ1) is 6.72. The average Bonchev–Trinajstić information content (AvgIpc) is 2.18. The maximum absolute atomic E-state index is 3.15. The van der Waals surface area contributed by atoms with Gasteiger partial charge in [0.25, 0.3) is 0 Å². The van der Waals surface area contributed by atoms with Crippen molar-refractivity contribution in [3.05, 3.63) is 29.8 Å². The van der Waals surface area contributed by atoms with Gasteiger partial charge in [-0.15, -0.1) is 11.8 Å². The van der Waals surface area contributed by atoms with Crippen LogP contribution in [0.3, 0.4) is 0 Å². The SMILES string of the molecule is CSc1cccc(C#CCN(C)C)c1. The van der Waals surface area contributed by atoms with Crippen molar-refractivity contribution in [3.8, 4) is 11.8 Å². The van der Waals surface area contributed by atoms with E-state index in [4.69, 9.17) is 0 Å². The van der Waals surface area contributed by atoms with Crippen LogP contribution in [-0.2, 0) is 0 Å². The highest BCUT2D eigenvalue weighted by Crippen LogP contribution is 2.14. The van der Waals surface area contributed by atoms with Crippen LogP contribution < -0.4 is 0 Å². The van der Waals surface area contributed by atoms with Gasteiger partial charge in [-0.25, -0.2) is 0 Å². The van der Waals surface area contributed by atoms with E-state index in [-0.39, 0.29) is 0 Å². The largest absolute Gasteiger partial charge is 0.299 e. The smallest absolute Gasteiger partial charge is 0.0600 e. The van der Waals surface area contributed by atoms with Crippen LogP contribution in [-0.4, -0.2) is 31.8 Å². The number of thioether (sulfide) groups is 1. The third-order valence-electron chi connectivity index (χ3n) is 1.70. The predicted octanol–water partition coefficient (Wildman–Crippen LogP) is 2.32.